The summed E-state index contributed by atoms with van der Waals surface area (Å²) in [5, 5.41) is 0. The van der Waals surface area contributed by atoms with Gasteiger partial charge in [0.05, 0.1) is 30.7 Å². The summed E-state index contributed by atoms with van der Waals surface area (Å²) in [4.78, 5) is 1.70. The maximum absolute atomic E-state index is 13.0. The normalized spacial score (nSPS) is 17.2. The van der Waals surface area contributed by atoms with Gasteiger partial charge in [0.2, 0.25) is 10.0 Å². The third-order valence-corrected chi connectivity index (χ3v) is 6.44. The number of hydrogen-bond donors (Lipinski definition) is 2. The molecule has 1 aliphatic rings. The number of nitrogens with one attached hydrogen (secondary N) is 2. The Bertz CT molecular complexity index is 831. The number of ether oxygens (including phenoxy) is 1. The van der Waals surface area contributed by atoms with E-state index in [4.69, 9.17) is 4.74 Å². The van der Waals surface area contributed by atoms with E-state index in [-0.39, 0.29) is 6.04 Å². The summed E-state index contributed by atoms with van der Waals surface area (Å²) in [5.41, 5.74) is 2.81. The number of rotatable bonds is 6. The van der Waals surface area contributed by atoms with Gasteiger partial charge in [0.15, 0.2) is 0 Å². The molecule has 0 saturated carbocycles. The minimum atomic E-state index is -3.60. The van der Waals surface area contributed by atoms with Crippen molar-refractivity contribution in [3.8, 4) is 0 Å². The van der Waals surface area contributed by atoms with E-state index in [0.717, 1.165) is 43.0 Å². The lowest BCUT2D eigenvalue weighted by Gasteiger charge is -2.28. The molecule has 2 aromatic carbocycles. The van der Waals surface area contributed by atoms with Gasteiger partial charge in [-0.2, -0.15) is 4.72 Å². The number of benzene rings is 2. The molecular weight excluding hydrogens is 348 g/mol. The van der Waals surface area contributed by atoms with Gasteiger partial charge in [-0.1, -0.05) is 48.0 Å². The fraction of sp³-hybridized carbons (Fsp3) is 0.400. The Kier molecular flexibility index (Phi) is 6.09. The van der Waals surface area contributed by atoms with Crippen molar-refractivity contribution in [1.29, 1.82) is 0 Å². The van der Waals surface area contributed by atoms with Crippen LogP contribution in [0, 0.1) is 13.8 Å². The van der Waals surface area contributed by atoms with Crippen molar-refractivity contribution in [2.24, 2.45) is 0 Å². The first-order valence-corrected chi connectivity index (χ1v) is 10.5. The van der Waals surface area contributed by atoms with Crippen LogP contribution in [0.1, 0.15) is 22.7 Å². The number of aryl methyl sites for hydroxylation is 2. The van der Waals surface area contributed by atoms with Crippen molar-refractivity contribution in [2.75, 3.05) is 32.8 Å². The van der Waals surface area contributed by atoms with Crippen LogP contribution < -0.4 is 9.62 Å². The molecule has 26 heavy (non-hydrogen) atoms. The summed E-state index contributed by atoms with van der Waals surface area (Å²) in [7, 11) is -3.60. The van der Waals surface area contributed by atoms with Gasteiger partial charge in [-0.05, 0) is 31.0 Å². The monoisotopic (exact) mass is 375 g/mol. The van der Waals surface area contributed by atoms with Crippen molar-refractivity contribution in [3.05, 3.63) is 65.2 Å². The van der Waals surface area contributed by atoms with Gasteiger partial charge in [-0.25, -0.2) is 8.42 Å². The predicted molar refractivity (Wildman–Crippen MR) is 102 cm³/mol. The van der Waals surface area contributed by atoms with E-state index in [2.05, 4.69) is 4.72 Å². The fourth-order valence-corrected chi connectivity index (χ4v) is 4.87. The van der Waals surface area contributed by atoms with Gasteiger partial charge in [-0.15, -0.1) is 0 Å². The number of sulfonamides is 1. The Morgan fingerprint density at radius 1 is 1.08 bits per heavy atom. The van der Waals surface area contributed by atoms with E-state index in [1.54, 1.807) is 6.07 Å². The SMILES string of the molecule is Cc1ccc(S(=O)(=O)N[C@H](C[NH+]2CCOCC2)c2ccccc2)c(C)c1. The van der Waals surface area contributed by atoms with Gasteiger partial charge in [0, 0.05) is 0 Å². The van der Waals surface area contributed by atoms with Crippen LogP contribution in [0.4, 0.5) is 0 Å². The molecule has 1 fully saturated rings. The van der Waals surface area contributed by atoms with Crippen LogP contribution in [-0.4, -0.2) is 41.3 Å². The number of quaternary nitrogens is 1. The van der Waals surface area contributed by atoms with Gasteiger partial charge in [-0.3, -0.25) is 0 Å². The Morgan fingerprint density at radius 3 is 2.42 bits per heavy atom. The lowest BCUT2D eigenvalue weighted by Crippen LogP contribution is -3.14. The van der Waals surface area contributed by atoms with Crippen molar-refractivity contribution < 1.29 is 18.1 Å². The summed E-state index contributed by atoms with van der Waals surface area (Å²) in [5.74, 6) is 0. The third-order valence-electron chi connectivity index (χ3n) is 4.81. The van der Waals surface area contributed by atoms with E-state index >= 15 is 0 Å². The minimum Gasteiger partial charge on any atom is -0.370 e. The van der Waals surface area contributed by atoms with Gasteiger partial charge >= 0.3 is 0 Å². The molecule has 1 atom stereocenters. The fourth-order valence-electron chi connectivity index (χ4n) is 3.42. The minimum absolute atomic E-state index is 0.269. The molecule has 140 valence electrons. The maximum atomic E-state index is 13.0. The molecule has 0 bridgehead atoms. The molecule has 0 radical (unpaired) electrons. The largest absolute Gasteiger partial charge is 0.370 e. The van der Waals surface area contributed by atoms with E-state index < -0.39 is 10.0 Å². The third kappa shape index (κ3) is 4.71. The molecule has 0 aromatic heterocycles. The summed E-state index contributed by atoms with van der Waals surface area (Å²) >= 11 is 0. The molecule has 3 rings (SSSR count). The standard InChI is InChI=1S/C20H26N2O3S/c1-16-8-9-20(17(2)14-16)26(23,24)21-19(18-6-4-3-5-7-18)15-22-10-12-25-13-11-22/h3-9,14,19,21H,10-13,15H2,1-2H3/p+1/t19-/m1/s1. The zero-order valence-electron chi connectivity index (χ0n) is 15.4. The second kappa shape index (κ2) is 8.31. The van der Waals surface area contributed by atoms with E-state index in [1.165, 1.54) is 4.90 Å². The molecule has 2 N–H and O–H groups in total. The highest BCUT2D eigenvalue weighted by atomic mass is 32.2. The predicted octanol–water partition coefficient (Wildman–Crippen LogP) is 1.24. The summed E-state index contributed by atoms with van der Waals surface area (Å²) in [6, 6.07) is 15.0. The van der Waals surface area contributed by atoms with Crippen LogP contribution >= 0.6 is 0 Å². The topological polar surface area (TPSA) is 59.8 Å². The Balaban J connectivity index is 1.86. The second-order valence-electron chi connectivity index (χ2n) is 6.92. The van der Waals surface area contributed by atoms with E-state index in [0.29, 0.717) is 11.4 Å². The maximum Gasteiger partial charge on any atom is 0.241 e. The molecule has 1 heterocycles. The van der Waals surface area contributed by atoms with E-state index in [9.17, 15) is 8.42 Å². The van der Waals surface area contributed by atoms with Crippen LogP contribution in [0.2, 0.25) is 0 Å². The Morgan fingerprint density at radius 2 is 1.77 bits per heavy atom. The zero-order valence-corrected chi connectivity index (χ0v) is 16.2. The summed E-state index contributed by atoms with van der Waals surface area (Å²) in [6.45, 7) is 7.75. The first-order valence-electron chi connectivity index (χ1n) is 9.01. The van der Waals surface area contributed by atoms with Crippen LogP contribution in [0.25, 0.3) is 0 Å². The van der Waals surface area contributed by atoms with Crippen molar-refractivity contribution in [2.45, 2.75) is 24.8 Å². The molecule has 0 unspecified atom stereocenters. The smallest absolute Gasteiger partial charge is 0.241 e. The molecule has 0 amide bonds. The average Bonchev–Trinajstić information content (AvgIpc) is 2.62. The Hall–Kier alpha value is -1.73. The van der Waals surface area contributed by atoms with Gasteiger partial charge in [0.1, 0.15) is 13.1 Å². The molecule has 6 heteroatoms. The van der Waals surface area contributed by atoms with Gasteiger partial charge < -0.3 is 9.64 Å². The highest BCUT2D eigenvalue weighted by molar-refractivity contribution is 7.89. The summed E-state index contributed by atoms with van der Waals surface area (Å²) < 4.78 is 34.5. The first kappa shape index (κ1) is 19.0. The van der Waals surface area contributed by atoms with Crippen LogP contribution in [0.15, 0.2) is 53.4 Å². The van der Waals surface area contributed by atoms with Crippen molar-refractivity contribution in [1.82, 2.24) is 4.72 Å². The highest BCUT2D eigenvalue weighted by Gasteiger charge is 2.27. The molecule has 0 aliphatic carbocycles. The van der Waals surface area contributed by atoms with Crippen molar-refractivity contribution >= 4 is 10.0 Å². The second-order valence-corrected chi connectivity index (χ2v) is 8.60. The molecular formula is C20H27N2O3S+. The highest BCUT2D eigenvalue weighted by Crippen LogP contribution is 2.20. The van der Waals surface area contributed by atoms with Gasteiger partial charge in [0.25, 0.3) is 0 Å². The van der Waals surface area contributed by atoms with E-state index in [1.807, 2.05) is 56.3 Å². The number of morpholine rings is 1. The van der Waals surface area contributed by atoms with Crippen molar-refractivity contribution in [3.63, 3.8) is 0 Å². The average molecular weight is 376 g/mol. The number of hydrogen-bond acceptors (Lipinski definition) is 3. The first-order chi connectivity index (χ1) is 12.5. The lowest BCUT2D eigenvalue weighted by molar-refractivity contribution is -0.909. The van der Waals surface area contributed by atoms with Crippen LogP contribution in [0.5, 0.6) is 0 Å². The molecule has 5 nitrogen and oxygen atoms in total. The quantitative estimate of drug-likeness (QED) is 0.799. The van der Waals surface area contributed by atoms with Crippen LogP contribution in [0.3, 0.4) is 0 Å². The zero-order chi connectivity index (χ0) is 18.6. The molecule has 1 saturated heterocycles. The van der Waals surface area contributed by atoms with Crippen LogP contribution in [-0.2, 0) is 14.8 Å². The Labute approximate surface area is 156 Å². The molecule has 2 aromatic rings. The summed E-state index contributed by atoms with van der Waals surface area (Å²) in [6.07, 6.45) is 0. The molecule has 0 spiro atoms. The molecule has 1 aliphatic heterocycles. The lowest BCUT2D eigenvalue weighted by atomic mass is 10.1.